The third-order valence-corrected chi connectivity index (χ3v) is 4.20. The SMILES string of the molecule is Cc1cc(C2(C(=O)O)CCC2)cc(C)c1Cl. The number of hydrogen-bond acceptors (Lipinski definition) is 1. The molecule has 0 bridgehead atoms. The normalized spacial score (nSPS) is 17.9. The lowest BCUT2D eigenvalue weighted by Gasteiger charge is -2.38. The first-order valence-electron chi connectivity index (χ1n) is 5.48. The van der Waals surface area contributed by atoms with Gasteiger partial charge in [0, 0.05) is 5.02 Å². The monoisotopic (exact) mass is 238 g/mol. The standard InChI is InChI=1S/C13H15ClO2/c1-8-6-10(7-9(2)11(8)14)13(12(15)16)4-3-5-13/h6-7H,3-5H2,1-2H3,(H,15,16). The van der Waals surface area contributed by atoms with Crippen LogP contribution in [0.2, 0.25) is 5.02 Å². The van der Waals surface area contributed by atoms with E-state index in [1.807, 2.05) is 26.0 Å². The minimum atomic E-state index is -0.708. The summed E-state index contributed by atoms with van der Waals surface area (Å²) in [6.07, 6.45) is 2.47. The molecule has 16 heavy (non-hydrogen) atoms. The lowest BCUT2D eigenvalue weighted by atomic mass is 9.64. The fourth-order valence-electron chi connectivity index (χ4n) is 2.38. The average molecular weight is 239 g/mol. The van der Waals surface area contributed by atoms with Crippen molar-refractivity contribution < 1.29 is 9.90 Å². The molecule has 0 heterocycles. The highest BCUT2D eigenvalue weighted by Gasteiger charge is 2.46. The summed E-state index contributed by atoms with van der Waals surface area (Å²) in [5, 5.41) is 10.1. The third-order valence-electron chi connectivity index (χ3n) is 3.61. The maximum Gasteiger partial charge on any atom is 0.314 e. The van der Waals surface area contributed by atoms with Crippen LogP contribution in [0, 0.1) is 13.8 Å². The van der Waals surface area contributed by atoms with Crippen molar-refractivity contribution in [3.05, 3.63) is 33.8 Å². The highest BCUT2D eigenvalue weighted by Crippen LogP contribution is 2.45. The highest BCUT2D eigenvalue weighted by atomic mass is 35.5. The first kappa shape index (κ1) is 11.5. The Morgan fingerprint density at radius 3 is 2.12 bits per heavy atom. The molecule has 1 aliphatic carbocycles. The van der Waals surface area contributed by atoms with Crippen LogP contribution in [0.1, 0.15) is 36.0 Å². The van der Waals surface area contributed by atoms with Gasteiger partial charge in [0.25, 0.3) is 0 Å². The lowest BCUT2D eigenvalue weighted by Crippen LogP contribution is -2.42. The van der Waals surface area contributed by atoms with Crippen molar-refractivity contribution in [3.63, 3.8) is 0 Å². The van der Waals surface area contributed by atoms with Gasteiger partial charge in [-0.05, 0) is 43.4 Å². The molecule has 1 aromatic carbocycles. The molecule has 2 rings (SSSR count). The second-order valence-corrected chi connectivity index (χ2v) is 5.04. The van der Waals surface area contributed by atoms with Gasteiger partial charge in [-0.1, -0.05) is 30.2 Å². The van der Waals surface area contributed by atoms with Gasteiger partial charge in [0.1, 0.15) is 0 Å². The van der Waals surface area contributed by atoms with E-state index in [9.17, 15) is 9.90 Å². The number of aryl methyl sites for hydroxylation is 2. The number of carbonyl (C=O) groups is 1. The van der Waals surface area contributed by atoms with Crippen molar-refractivity contribution in [2.24, 2.45) is 0 Å². The summed E-state index contributed by atoms with van der Waals surface area (Å²) in [7, 11) is 0. The molecule has 0 radical (unpaired) electrons. The summed E-state index contributed by atoms with van der Waals surface area (Å²) in [5.41, 5.74) is 2.18. The molecule has 0 aromatic heterocycles. The van der Waals surface area contributed by atoms with Crippen LogP contribution in [-0.2, 0) is 10.2 Å². The van der Waals surface area contributed by atoms with E-state index in [4.69, 9.17) is 11.6 Å². The van der Waals surface area contributed by atoms with Gasteiger partial charge in [-0.15, -0.1) is 0 Å². The van der Waals surface area contributed by atoms with E-state index in [0.29, 0.717) is 0 Å². The number of aliphatic carboxylic acids is 1. The molecule has 0 saturated heterocycles. The molecule has 0 unspecified atom stereocenters. The molecule has 1 aliphatic rings. The van der Waals surface area contributed by atoms with E-state index in [1.165, 1.54) is 0 Å². The van der Waals surface area contributed by atoms with E-state index < -0.39 is 11.4 Å². The van der Waals surface area contributed by atoms with Crippen molar-refractivity contribution in [1.29, 1.82) is 0 Å². The Kier molecular flexibility index (Phi) is 2.70. The molecule has 1 aromatic rings. The molecule has 1 N–H and O–H groups in total. The zero-order valence-corrected chi connectivity index (χ0v) is 10.3. The van der Waals surface area contributed by atoms with Gasteiger partial charge < -0.3 is 5.11 Å². The number of benzene rings is 1. The molecule has 86 valence electrons. The molecular formula is C13H15ClO2. The van der Waals surface area contributed by atoms with Crippen LogP contribution in [0.15, 0.2) is 12.1 Å². The zero-order valence-electron chi connectivity index (χ0n) is 9.51. The van der Waals surface area contributed by atoms with Gasteiger partial charge in [-0.3, -0.25) is 4.79 Å². The fourth-order valence-corrected chi connectivity index (χ4v) is 2.49. The Bertz CT molecular complexity index is 424. The second-order valence-electron chi connectivity index (χ2n) is 4.66. The first-order valence-corrected chi connectivity index (χ1v) is 5.86. The minimum absolute atomic E-state index is 0.653. The number of carboxylic acids is 1. The van der Waals surface area contributed by atoms with Crippen molar-refractivity contribution >= 4 is 17.6 Å². The molecule has 0 amide bonds. The quantitative estimate of drug-likeness (QED) is 0.857. The van der Waals surface area contributed by atoms with Crippen molar-refractivity contribution in [2.45, 2.75) is 38.5 Å². The van der Waals surface area contributed by atoms with Gasteiger partial charge in [-0.2, -0.15) is 0 Å². The van der Waals surface area contributed by atoms with Gasteiger partial charge in [0.15, 0.2) is 0 Å². The first-order chi connectivity index (χ1) is 7.47. The van der Waals surface area contributed by atoms with Gasteiger partial charge in [0.05, 0.1) is 5.41 Å². The summed E-state index contributed by atoms with van der Waals surface area (Å²) in [6, 6.07) is 3.84. The van der Waals surface area contributed by atoms with E-state index in [0.717, 1.165) is 41.0 Å². The van der Waals surface area contributed by atoms with Crippen LogP contribution in [0.25, 0.3) is 0 Å². The Balaban J connectivity index is 2.52. The summed E-state index contributed by atoms with van der Waals surface area (Å²) < 4.78 is 0. The second kappa shape index (κ2) is 3.77. The molecular weight excluding hydrogens is 224 g/mol. The average Bonchev–Trinajstić information content (AvgIpc) is 2.11. The third kappa shape index (κ3) is 1.52. The predicted molar refractivity (Wildman–Crippen MR) is 64.1 cm³/mol. The van der Waals surface area contributed by atoms with E-state index in [1.54, 1.807) is 0 Å². The van der Waals surface area contributed by atoms with Crippen LogP contribution >= 0.6 is 11.6 Å². The molecule has 0 aliphatic heterocycles. The van der Waals surface area contributed by atoms with Crippen molar-refractivity contribution in [1.82, 2.24) is 0 Å². The number of carboxylic acid groups (broad SMARTS) is 1. The van der Waals surface area contributed by atoms with Gasteiger partial charge >= 0.3 is 5.97 Å². The Hall–Kier alpha value is -1.02. The van der Waals surface area contributed by atoms with Crippen LogP contribution in [0.5, 0.6) is 0 Å². The molecule has 1 fully saturated rings. The number of halogens is 1. The maximum atomic E-state index is 11.4. The summed E-state index contributed by atoms with van der Waals surface area (Å²) >= 11 is 6.09. The smallest absolute Gasteiger partial charge is 0.314 e. The van der Waals surface area contributed by atoms with E-state index in [2.05, 4.69) is 0 Å². The van der Waals surface area contributed by atoms with Crippen molar-refractivity contribution in [2.75, 3.05) is 0 Å². The fraction of sp³-hybridized carbons (Fsp3) is 0.462. The van der Waals surface area contributed by atoms with Crippen LogP contribution in [0.3, 0.4) is 0 Å². The van der Waals surface area contributed by atoms with Gasteiger partial charge in [-0.25, -0.2) is 0 Å². The largest absolute Gasteiger partial charge is 0.481 e. The zero-order chi connectivity index (χ0) is 11.9. The molecule has 0 spiro atoms. The molecule has 2 nitrogen and oxygen atoms in total. The maximum absolute atomic E-state index is 11.4. The summed E-state index contributed by atoms with van der Waals surface area (Å²) in [5.74, 6) is -0.708. The number of hydrogen-bond donors (Lipinski definition) is 1. The molecule has 0 atom stereocenters. The van der Waals surface area contributed by atoms with Crippen LogP contribution in [0.4, 0.5) is 0 Å². The Morgan fingerprint density at radius 2 is 1.81 bits per heavy atom. The summed E-state index contributed by atoms with van der Waals surface area (Å²) in [6.45, 7) is 3.85. The molecule has 3 heteroatoms. The summed E-state index contributed by atoms with van der Waals surface area (Å²) in [4.78, 5) is 11.4. The highest BCUT2D eigenvalue weighted by molar-refractivity contribution is 6.32. The topological polar surface area (TPSA) is 37.3 Å². The Morgan fingerprint density at radius 1 is 1.31 bits per heavy atom. The van der Waals surface area contributed by atoms with Crippen LogP contribution in [-0.4, -0.2) is 11.1 Å². The Labute approximate surface area is 100 Å². The minimum Gasteiger partial charge on any atom is -0.481 e. The van der Waals surface area contributed by atoms with Crippen molar-refractivity contribution in [3.8, 4) is 0 Å². The van der Waals surface area contributed by atoms with E-state index >= 15 is 0 Å². The molecule has 1 saturated carbocycles. The van der Waals surface area contributed by atoms with Gasteiger partial charge in [0.2, 0.25) is 0 Å². The van der Waals surface area contributed by atoms with Crippen LogP contribution < -0.4 is 0 Å². The number of rotatable bonds is 2. The lowest BCUT2D eigenvalue weighted by molar-refractivity contribution is -0.147. The predicted octanol–water partition coefficient (Wildman–Crippen LogP) is 3.46. The van der Waals surface area contributed by atoms with E-state index in [-0.39, 0.29) is 0 Å².